The lowest BCUT2D eigenvalue weighted by molar-refractivity contribution is -0.115. The number of carbonyl (C=O) groups is 1. The monoisotopic (exact) mass is 313 g/mol. The van der Waals surface area contributed by atoms with Crippen LogP contribution in [0.4, 0.5) is 9.52 Å². The first-order chi connectivity index (χ1) is 10.7. The number of hydrogen-bond donors (Lipinski definition) is 1. The van der Waals surface area contributed by atoms with Crippen LogP contribution in [-0.4, -0.2) is 15.9 Å². The van der Waals surface area contributed by atoms with Gasteiger partial charge in [0.05, 0.1) is 12.1 Å². The predicted octanol–water partition coefficient (Wildman–Crippen LogP) is 3.53. The molecule has 3 aromatic rings. The Kier molecular flexibility index (Phi) is 4.20. The van der Waals surface area contributed by atoms with Gasteiger partial charge in [0.15, 0.2) is 5.13 Å². The van der Waals surface area contributed by atoms with Crippen LogP contribution in [-0.2, 0) is 11.2 Å². The van der Waals surface area contributed by atoms with Crippen LogP contribution in [0.2, 0.25) is 0 Å². The SMILES string of the molecule is O=C(Cc1ccncc1)Nc1nc(-c2ccc(F)cc2)cs1. The molecule has 4 nitrogen and oxygen atoms in total. The van der Waals surface area contributed by atoms with Gasteiger partial charge < -0.3 is 5.32 Å². The molecule has 0 aliphatic carbocycles. The molecule has 1 amide bonds. The van der Waals surface area contributed by atoms with Crippen LogP contribution >= 0.6 is 11.3 Å². The van der Waals surface area contributed by atoms with Crippen molar-refractivity contribution in [2.75, 3.05) is 5.32 Å². The van der Waals surface area contributed by atoms with Crippen LogP contribution in [0.25, 0.3) is 11.3 Å². The van der Waals surface area contributed by atoms with Crippen LogP contribution in [0.15, 0.2) is 54.2 Å². The zero-order chi connectivity index (χ0) is 15.4. The Morgan fingerprint density at radius 2 is 1.86 bits per heavy atom. The van der Waals surface area contributed by atoms with E-state index in [1.807, 2.05) is 5.38 Å². The minimum Gasteiger partial charge on any atom is -0.302 e. The van der Waals surface area contributed by atoms with Gasteiger partial charge in [-0.05, 0) is 42.0 Å². The molecule has 2 heterocycles. The molecular formula is C16H12FN3OS. The summed E-state index contributed by atoms with van der Waals surface area (Å²) in [5, 5.41) is 5.12. The summed E-state index contributed by atoms with van der Waals surface area (Å²) in [5.41, 5.74) is 2.42. The maximum atomic E-state index is 12.9. The fourth-order valence-corrected chi connectivity index (χ4v) is 2.67. The van der Waals surface area contributed by atoms with Crippen molar-refractivity contribution in [3.05, 3.63) is 65.6 Å². The number of nitrogens with one attached hydrogen (secondary N) is 1. The number of aromatic nitrogens is 2. The zero-order valence-electron chi connectivity index (χ0n) is 11.5. The Hall–Kier alpha value is -2.60. The molecule has 110 valence electrons. The molecule has 0 aliphatic heterocycles. The number of hydrogen-bond acceptors (Lipinski definition) is 4. The Morgan fingerprint density at radius 1 is 1.14 bits per heavy atom. The Labute approximate surface area is 130 Å². The molecule has 0 spiro atoms. The summed E-state index contributed by atoms with van der Waals surface area (Å²) in [4.78, 5) is 20.2. The first-order valence-corrected chi connectivity index (χ1v) is 7.49. The Balaban J connectivity index is 1.66. The van der Waals surface area contributed by atoms with Crippen molar-refractivity contribution in [1.82, 2.24) is 9.97 Å². The van der Waals surface area contributed by atoms with E-state index in [9.17, 15) is 9.18 Å². The molecule has 1 N–H and O–H groups in total. The lowest BCUT2D eigenvalue weighted by atomic mass is 10.2. The standard InChI is InChI=1S/C16H12FN3OS/c17-13-3-1-12(2-4-13)14-10-22-16(19-14)20-15(21)9-11-5-7-18-8-6-11/h1-8,10H,9H2,(H,19,20,21). The smallest absolute Gasteiger partial charge is 0.230 e. The molecule has 0 saturated heterocycles. The van der Waals surface area contributed by atoms with Crippen molar-refractivity contribution in [2.24, 2.45) is 0 Å². The highest BCUT2D eigenvalue weighted by atomic mass is 32.1. The molecule has 6 heteroatoms. The average Bonchev–Trinajstić information content (AvgIpc) is 2.97. The largest absolute Gasteiger partial charge is 0.302 e. The molecule has 2 aromatic heterocycles. The molecule has 0 saturated carbocycles. The van der Waals surface area contributed by atoms with E-state index in [4.69, 9.17) is 0 Å². The van der Waals surface area contributed by atoms with E-state index < -0.39 is 0 Å². The number of thiazole rings is 1. The van der Waals surface area contributed by atoms with Gasteiger partial charge in [-0.3, -0.25) is 9.78 Å². The van der Waals surface area contributed by atoms with Crippen LogP contribution in [0.5, 0.6) is 0 Å². The third-order valence-corrected chi connectivity index (χ3v) is 3.76. The van der Waals surface area contributed by atoms with E-state index in [2.05, 4.69) is 15.3 Å². The highest BCUT2D eigenvalue weighted by molar-refractivity contribution is 7.14. The van der Waals surface area contributed by atoms with Crippen molar-refractivity contribution >= 4 is 22.4 Å². The fraction of sp³-hybridized carbons (Fsp3) is 0.0625. The van der Waals surface area contributed by atoms with Gasteiger partial charge in [0.2, 0.25) is 5.91 Å². The van der Waals surface area contributed by atoms with E-state index in [-0.39, 0.29) is 18.1 Å². The highest BCUT2D eigenvalue weighted by Gasteiger charge is 2.09. The van der Waals surface area contributed by atoms with E-state index in [1.54, 1.807) is 36.7 Å². The maximum Gasteiger partial charge on any atom is 0.230 e. The number of nitrogens with zero attached hydrogens (tertiary/aromatic N) is 2. The number of amides is 1. The Bertz CT molecular complexity index is 772. The first kappa shape index (κ1) is 14.3. The summed E-state index contributed by atoms with van der Waals surface area (Å²) in [7, 11) is 0. The minimum absolute atomic E-state index is 0.133. The average molecular weight is 313 g/mol. The van der Waals surface area contributed by atoms with Gasteiger partial charge in [0.25, 0.3) is 0 Å². The molecule has 22 heavy (non-hydrogen) atoms. The van der Waals surface area contributed by atoms with Gasteiger partial charge in [-0.2, -0.15) is 0 Å². The van der Waals surface area contributed by atoms with Gasteiger partial charge in [-0.15, -0.1) is 11.3 Å². The molecule has 0 radical (unpaired) electrons. The number of benzene rings is 1. The van der Waals surface area contributed by atoms with Crippen molar-refractivity contribution in [2.45, 2.75) is 6.42 Å². The molecule has 0 atom stereocenters. The summed E-state index contributed by atoms with van der Waals surface area (Å²) >= 11 is 1.34. The molecule has 0 bridgehead atoms. The van der Waals surface area contributed by atoms with Crippen LogP contribution in [0.3, 0.4) is 0 Å². The number of carbonyl (C=O) groups excluding carboxylic acids is 1. The van der Waals surface area contributed by atoms with Crippen molar-refractivity contribution in [1.29, 1.82) is 0 Å². The summed E-state index contributed by atoms with van der Waals surface area (Å²) in [6.45, 7) is 0. The minimum atomic E-state index is -0.287. The van der Waals surface area contributed by atoms with Gasteiger partial charge in [0, 0.05) is 23.3 Å². The van der Waals surface area contributed by atoms with Crippen molar-refractivity contribution < 1.29 is 9.18 Å². The van der Waals surface area contributed by atoms with E-state index in [0.29, 0.717) is 10.8 Å². The fourth-order valence-electron chi connectivity index (χ4n) is 1.93. The normalized spacial score (nSPS) is 10.4. The third-order valence-electron chi connectivity index (χ3n) is 3.00. The molecule has 0 fully saturated rings. The van der Waals surface area contributed by atoms with Crippen molar-refractivity contribution in [3.8, 4) is 11.3 Å². The summed E-state index contributed by atoms with van der Waals surface area (Å²) in [5.74, 6) is -0.420. The van der Waals surface area contributed by atoms with Crippen LogP contribution < -0.4 is 5.32 Å². The summed E-state index contributed by atoms with van der Waals surface area (Å²) < 4.78 is 12.9. The summed E-state index contributed by atoms with van der Waals surface area (Å²) in [6.07, 6.45) is 3.57. The number of pyridine rings is 1. The van der Waals surface area contributed by atoms with E-state index in [1.165, 1.54) is 23.5 Å². The zero-order valence-corrected chi connectivity index (χ0v) is 12.3. The topological polar surface area (TPSA) is 54.9 Å². The number of anilines is 1. The van der Waals surface area contributed by atoms with Crippen LogP contribution in [0.1, 0.15) is 5.56 Å². The van der Waals surface area contributed by atoms with E-state index in [0.717, 1.165) is 11.1 Å². The Morgan fingerprint density at radius 3 is 2.59 bits per heavy atom. The molecular weight excluding hydrogens is 301 g/mol. The van der Waals surface area contributed by atoms with Gasteiger partial charge in [-0.25, -0.2) is 9.37 Å². The first-order valence-electron chi connectivity index (χ1n) is 6.61. The quantitative estimate of drug-likeness (QED) is 0.801. The lowest BCUT2D eigenvalue weighted by Crippen LogP contribution is -2.14. The molecule has 0 aliphatic rings. The van der Waals surface area contributed by atoms with Crippen LogP contribution in [0, 0.1) is 5.82 Å². The van der Waals surface area contributed by atoms with Gasteiger partial charge in [-0.1, -0.05) is 0 Å². The van der Waals surface area contributed by atoms with E-state index >= 15 is 0 Å². The van der Waals surface area contributed by atoms with Gasteiger partial charge in [0.1, 0.15) is 5.82 Å². The molecule has 3 rings (SSSR count). The lowest BCUT2D eigenvalue weighted by Gasteiger charge is -2.01. The van der Waals surface area contributed by atoms with Crippen molar-refractivity contribution in [3.63, 3.8) is 0 Å². The second-order valence-electron chi connectivity index (χ2n) is 4.63. The summed E-state index contributed by atoms with van der Waals surface area (Å²) in [6, 6.07) is 9.68. The second kappa shape index (κ2) is 6.44. The van der Waals surface area contributed by atoms with Gasteiger partial charge >= 0.3 is 0 Å². The molecule has 0 unspecified atom stereocenters. The number of rotatable bonds is 4. The maximum absolute atomic E-state index is 12.9. The number of halogens is 1. The second-order valence-corrected chi connectivity index (χ2v) is 5.48. The molecule has 1 aromatic carbocycles. The highest BCUT2D eigenvalue weighted by Crippen LogP contribution is 2.25. The third kappa shape index (κ3) is 3.53. The predicted molar refractivity (Wildman–Crippen MR) is 84.1 cm³/mol.